The lowest BCUT2D eigenvalue weighted by Gasteiger charge is -2.09. The van der Waals surface area contributed by atoms with E-state index in [9.17, 15) is 4.79 Å². The average molecular weight is 396 g/mol. The molecule has 2 rings (SSSR count). The Labute approximate surface area is 148 Å². The molecule has 1 amide bonds. The van der Waals surface area contributed by atoms with Crippen molar-refractivity contribution in [2.24, 2.45) is 5.10 Å². The second-order valence-corrected chi connectivity index (χ2v) is 6.30. The van der Waals surface area contributed by atoms with Crippen molar-refractivity contribution < 1.29 is 9.53 Å². The quantitative estimate of drug-likeness (QED) is 0.608. The predicted molar refractivity (Wildman–Crippen MR) is 96.3 cm³/mol. The highest BCUT2D eigenvalue weighted by Crippen LogP contribution is 2.25. The van der Waals surface area contributed by atoms with Crippen LogP contribution in [0.15, 0.2) is 46.0 Å². The number of nitrogens with one attached hydrogen (secondary N) is 1. The number of ether oxygens (including phenoxy) is 1. The van der Waals surface area contributed by atoms with Gasteiger partial charge in [0, 0.05) is 9.50 Å². The lowest BCUT2D eigenvalue weighted by molar-refractivity contribution is -0.123. The Morgan fingerprint density at radius 2 is 1.87 bits per heavy atom. The molecule has 0 aliphatic rings. The third kappa shape index (κ3) is 5.37. The van der Waals surface area contributed by atoms with Crippen LogP contribution in [-0.4, -0.2) is 18.7 Å². The molecule has 0 radical (unpaired) electrons. The van der Waals surface area contributed by atoms with E-state index in [0.717, 1.165) is 21.2 Å². The standard InChI is InChI=1S/C17H16BrClN2O2/c1-11-7-15(8-12(2)17(11)19)23-10-16(22)21-20-9-13-3-5-14(18)6-4-13/h3-9H,10H2,1-2H3,(H,21,22)/b20-9-. The van der Waals surface area contributed by atoms with Crippen LogP contribution < -0.4 is 10.2 Å². The van der Waals surface area contributed by atoms with Gasteiger partial charge in [-0.3, -0.25) is 4.79 Å². The summed E-state index contributed by atoms with van der Waals surface area (Å²) in [6.07, 6.45) is 1.57. The van der Waals surface area contributed by atoms with Gasteiger partial charge in [-0.1, -0.05) is 39.7 Å². The van der Waals surface area contributed by atoms with Gasteiger partial charge in [0.05, 0.1) is 6.21 Å². The van der Waals surface area contributed by atoms with Crippen LogP contribution >= 0.6 is 27.5 Å². The largest absolute Gasteiger partial charge is 0.484 e. The number of carbonyl (C=O) groups is 1. The summed E-state index contributed by atoms with van der Waals surface area (Å²) in [5, 5.41) is 4.60. The van der Waals surface area contributed by atoms with Gasteiger partial charge >= 0.3 is 0 Å². The molecule has 0 fully saturated rings. The van der Waals surface area contributed by atoms with E-state index in [0.29, 0.717) is 10.8 Å². The molecule has 4 nitrogen and oxygen atoms in total. The highest BCUT2D eigenvalue weighted by Gasteiger charge is 2.06. The third-order valence-electron chi connectivity index (χ3n) is 3.05. The van der Waals surface area contributed by atoms with Gasteiger partial charge in [0.15, 0.2) is 6.61 Å². The van der Waals surface area contributed by atoms with Crippen molar-refractivity contribution in [1.82, 2.24) is 5.43 Å². The molecular formula is C17H16BrClN2O2. The number of carbonyl (C=O) groups excluding carboxylic acids is 1. The molecule has 0 aromatic heterocycles. The highest BCUT2D eigenvalue weighted by molar-refractivity contribution is 9.10. The van der Waals surface area contributed by atoms with Gasteiger partial charge in [0.25, 0.3) is 5.91 Å². The van der Waals surface area contributed by atoms with Crippen molar-refractivity contribution in [2.75, 3.05) is 6.61 Å². The number of halogens is 2. The Morgan fingerprint density at radius 3 is 2.48 bits per heavy atom. The number of hydrogen-bond donors (Lipinski definition) is 1. The second kappa shape index (κ2) is 8.13. The summed E-state index contributed by atoms with van der Waals surface area (Å²) in [6.45, 7) is 3.67. The highest BCUT2D eigenvalue weighted by atomic mass is 79.9. The minimum absolute atomic E-state index is 0.113. The molecule has 120 valence electrons. The van der Waals surface area contributed by atoms with Crippen LogP contribution in [0, 0.1) is 13.8 Å². The lowest BCUT2D eigenvalue weighted by Crippen LogP contribution is -2.24. The third-order valence-corrected chi connectivity index (χ3v) is 4.18. The minimum Gasteiger partial charge on any atom is -0.484 e. The molecule has 1 N–H and O–H groups in total. The molecule has 0 atom stereocenters. The van der Waals surface area contributed by atoms with E-state index in [-0.39, 0.29) is 12.5 Å². The first-order valence-electron chi connectivity index (χ1n) is 6.92. The van der Waals surface area contributed by atoms with Crippen molar-refractivity contribution in [3.63, 3.8) is 0 Å². The Kier molecular flexibility index (Phi) is 6.19. The predicted octanol–water partition coefficient (Wildman–Crippen LogP) is 4.25. The van der Waals surface area contributed by atoms with Crippen LogP contribution in [0.1, 0.15) is 16.7 Å². The zero-order valence-corrected chi connectivity index (χ0v) is 15.1. The summed E-state index contributed by atoms with van der Waals surface area (Å²) in [5.74, 6) is 0.278. The van der Waals surface area contributed by atoms with Gasteiger partial charge in [0.1, 0.15) is 5.75 Å². The van der Waals surface area contributed by atoms with Crippen LogP contribution in [0.5, 0.6) is 5.75 Å². The molecule has 0 heterocycles. The number of aryl methyl sites for hydroxylation is 2. The van der Waals surface area contributed by atoms with E-state index in [4.69, 9.17) is 16.3 Å². The molecule has 0 unspecified atom stereocenters. The van der Waals surface area contributed by atoms with Crippen molar-refractivity contribution >= 4 is 39.7 Å². The fourth-order valence-corrected chi connectivity index (χ4v) is 2.27. The molecule has 0 aliphatic heterocycles. The van der Waals surface area contributed by atoms with Crippen LogP contribution in [0.2, 0.25) is 5.02 Å². The summed E-state index contributed by atoms with van der Waals surface area (Å²) in [4.78, 5) is 11.7. The van der Waals surface area contributed by atoms with Crippen molar-refractivity contribution in [3.05, 3.63) is 62.6 Å². The molecule has 0 saturated heterocycles. The summed E-state index contributed by atoms with van der Waals surface area (Å²) in [6, 6.07) is 11.2. The maximum absolute atomic E-state index is 11.7. The van der Waals surface area contributed by atoms with Gasteiger partial charge in [-0.2, -0.15) is 5.10 Å². The molecular weight excluding hydrogens is 380 g/mol. The summed E-state index contributed by atoms with van der Waals surface area (Å²) < 4.78 is 6.44. The monoisotopic (exact) mass is 394 g/mol. The van der Waals surface area contributed by atoms with E-state index >= 15 is 0 Å². The van der Waals surface area contributed by atoms with Crippen molar-refractivity contribution in [2.45, 2.75) is 13.8 Å². The normalized spacial score (nSPS) is 10.8. The number of hydrazone groups is 1. The maximum atomic E-state index is 11.7. The van der Waals surface area contributed by atoms with E-state index in [1.807, 2.05) is 38.1 Å². The molecule has 2 aromatic carbocycles. The number of rotatable bonds is 5. The topological polar surface area (TPSA) is 50.7 Å². The number of benzene rings is 2. The minimum atomic E-state index is -0.330. The Morgan fingerprint density at radius 1 is 1.26 bits per heavy atom. The van der Waals surface area contributed by atoms with Gasteiger partial charge in [0.2, 0.25) is 0 Å². The molecule has 23 heavy (non-hydrogen) atoms. The molecule has 2 aromatic rings. The fraction of sp³-hybridized carbons (Fsp3) is 0.176. The average Bonchev–Trinajstić information content (AvgIpc) is 2.52. The summed E-state index contributed by atoms with van der Waals surface area (Å²) >= 11 is 9.45. The van der Waals surface area contributed by atoms with Gasteiger partial charge in [-0.15, -0.1) is 0 Å². The zero-order valence-electron chi connectivity index (χ0n) is 12.8. The molecule has 6 heteroatoms. The maximum Gasteiger partial charge on any atom is 0.277 e. The van der Waals surface area contributed by atoms with Gasteiger partial charge in [-0.05, 0) is 54.8 Å². The first-order valence-corrected chi connectivity index (χ1v) is 8.10. The smallest absolute Gasteiger partial charge is 0.277 e. The molecule has 0 aliphatic carbocycles. The molecule has 0 bridgehead atoms. The number of hydrogen-bond acceptors (Lipinski definition) is 3. The van der Waals surface area contributed by atoms with Gasteiger partial charge < -0.3 is 4.74 Å². The second-order valence-electron chi connectivity index (χ2n) is 5.00. The Balaban J connectivity index is 1.84. The first-order chi connectivity index (χ1) is 11.0. The van der Waals surface area contributed by atoms with Gasteiger partial charge in [-0.25, -0.2) is 5.43 Å². The number of amides is 1. The number of nitrogens with zero attached hydrogens (tertiary/aromatic N) is 1. The van der Waals surface area contributed by atoms with Crippen LogP contribution in [0.25, 0.3) is 0 Å². The summed E-state index contributed by atoms with van der Waals surface area (Å²) in [7, 11) is 0. The SMILES string of the molecule is Cc1cc(OCC(=O)N/N=C\c2ccc(Br)cc2)cc(C)c1Cl. The molecule has 0 spiro atoms. The Hall–Kier alpha value is -1.85. The van der Waals surface area contributed by atoms with E-state index in [2.05, 4.69) is 26.5 Å². The van der Waals surface area contributed by atoms with E-state index < -0.39 is 0 Å². The first kappa shape index (κ1) is 17.5. The van der Waals surface area contributed by atoms with Crippen LogP contribution in [-0.2, 0) is 4.79 Å². The van der Waals surface area contributed by atoms with Crippen LogP contribution in [0.4, 0.5) is 0 Å². The van der Waals surface area contributed by atoms with Crippen molar-refractivity contribution in [1.29, 1.82) is 0 Å². The fourth-order valence-electron chi connectivity index (χ4n) is 1.90. The molecule has 0 saturated carbocycles. The van der Waals surface area contributed by atoms with E-state index in [1.165, 1.54) is 0 Å². The zero-order chi connectivity index (χ0) is 16.8. The summed E-state index contributed by atoms with van der Waals surface area (Å²) in [5.41, 5.74) is 5.14. The lowest BCUT2D eigenvalue weighted by atomic mass is 10.1. The van der Waals surface area contributed by atoms with Crippen LogP contribution in [0.3, 0.4) is 0 Å². The van der Waals surface area contributed by atoms with Crippen molar-refractivity contribution in [3.8, 4) is 5.75 Å². The Bertz CT molecular complexity index is 707. The van der Waals surface area contributed by atoms with E-state index in [1.54, 1.807) is 18.3 Å².